The molecule has 0 radical (unpaired) electrons. The lowest BCUT2D eigenvalue weighted by Gasteiger charge is -2.36. The predicted molar refractivity (Wildman–Crippen MR) is 116 cm³/mol. The van der Waals surface area contributed by atoms with E-state index in [0.29, 0.717) is 19.5 Å². The Hall–Kier alpha value is -3.07. The summed E-state index contributed by atoms with van der Waals surface area (Å²) in [5, 5.41) is 0. The summed E-state index contributed by atoms with van der Waals surface area (Å²) in [4.78, 5) is 29.1. The molecule has 0 atom stereocenters. The van der Waals surface area contributed by atoms with Gasteiger partial charge in [-0.25, -0.2) is 12.7 Å². The monoisotopic (exact) mass is 443 g/mol. The minimum Gasteiger partial charge on any atom is -0.497 e. The Morgan fingerprint density at radius 2 is 1.68 bits per heavy atom. The standard InChI is InChI=1S/C22H25N3O5S/c1-30-18-10-8-17(9-11-18)23-13-15-24(16-14-23)21(26)7-4-12-25-22(27)19-5-2-3-6-20(19)31(25,28)29/h2-3,5-6,8-11H,4,7,12-16H2,1H3. The van der Waals surface area contributed by atoms with E-state index in [2.05, 4.69) is 4.90 Å². The van der Waals surface area contributed by atoms with Crippen LogP contribution in [0.3, 0.4) is 0 Å². The second-order valence-corrected chi connectivity index (χ2v) is 9.38. The van der Waals surface area contributed by atoms with Gasteiger partial charge >= 0.3 is 0 Å². The molecule has 8 nitrogen and oxygen atoms in total. The van der Waals surface area contributed by atoms with Crippen molar-refractivity contribution in [2.45, 2.75) is 17.7 Å². The Kier molecular flexibility index (Phi) is 5.86. The van der Waals surface area contributed by atoms with Crippen LogP contribution in [0.25, 0.3) is 0 Å². The van der Waals surface area contributed by atoms with Crippen molar-refractivity contribution < 1.29 is 22.7 Å². The van der Waals surface area contributed by atoms with Crippen LogP contribution in [0, 0.1) is 0 Å². The SMILES string of the molecule is COc1ccc(N2CCN(C(=O)CCCN3C(=O)c4ccccc4S3(=O)=O)CC2)cc1. The minimum absolute atomic E-state index is 0.00734. The largest absolute Gasteiger partial charge is 0.497 e. The van der Waals surface area contributed by atoms with Crippen molar-refractivity contribution in [3.63, 3.8) is 0 Å². The number of amides is 2. The molecule has 2 aliphatic heterocycles. The van der Waals surface area contributed by atoms with Gasteiger partial charge in [0.1, 0.15) is 10.6 Å². The van der Waals surface area contributed by atoms with Gasteiger partial charge in [-0.05, 0) is 42.8 Å². The maximum atomic E-state index is 12.6. The number of sulfonamides is 1. The second kappa shape index (κ2) is 8.58. The summed E-state index contributed by atoms with van der Waals surface area (Å²) in [6, 6.07) is 14.0. The van der Waals surface area contributed by atoms with Gasteiger partial charge < -0.3 is 14.5 Å². The van der Waals surface area contributed by atoms with E-state index >= 15 is 0 Å². The third kappa shape index (κ3) is 4.10. The van der Waals surface area contributed by atoms with Crippen molar-refractivity contribution in [1.29, 1.82) is 0 Å². The number of methoxy groups -OCH3 is 1. The van der Waals surface area contributed by atoms with Crippen LogP contribution < -0.4 is 9.64 Å². The lowest BCUT2D eigenvalue weighted by molar-refractivity contribution is -0.131. The van der Waals surface area contributed by atoms with E-state index in [-0.39, 0.29) is 29.3 Å². The summed E-state index contributed by atoms with van der Waals surface area (Å²) in [5.41, 5.74) is 1.29. The third-order valence-electron chi connectivity index (χ3n) is 5.73. The van der Waals surface area contributed by atoms with Gasteiger partial charge in [0, 0.05) is 44.8 Å². The number of fused-ring (bicyclic) bond motifs is 1. The highest BCUT2D eigenvalue weighted by atomic mass is 32.2. The van der Waals surface area contributed by atoms with Crippen LogP contribution in [0.5, 0.6) is 5.75 Å². The van der Waals surface area contributed by atoms with Crippen LogP contribution in [-0.4, -0.2) is 69.3 Å². The molecule has 2 heterocycles. The fourth-order valence-electron chi connectivity index (χ4n) is 3.99. The molecule has 2 aromatic carbocycles. The molecule has 2 aliphatic rings. The van der Waals surface area contributed by atoms with Crippen molar-refractivity contribution in [2.24, 2.45) is 0 Å². The van der Waals surface area contributed by atoms with Gasteiger partial charge in [-0.2, -0.15) is 0 Å². The molecule has 2 aromatic rings. The van der Waals surface area contributed by atoms with Crippen LogP contribution in [0.2, 0.25) is 0 Å². The molecule has 0 spiro atoms. The maximum Gasteiger partial charge on any atom is 0.269 e. The van der Waals surface area contributed by atoms with E-state index in [0.717, 1.165) is 28.8 Å². The van der Waals surface area contributed by atoms with E-state index in [1.807, 2.05) is 24.3 Å². The molecule has 0 N–H and O–H groups in total. The van der Waals surface area contributed by atoms with E-state index in [4.69, 9.17) is 4.74 Å². The normalized spacial score (nSPS) is 17.6. The molecule has 0 unspecified atom stereocenters. The molecule has 0 aromatic heterocycles. The van der Waals surface area contributed by atoms with Gasteiger partial charge in [-0.15, -0.1) is 0 Å². The lowest BCUT2D eigenvalue weighted by atomic mass is 10.2. The number of piperazine rings is 1. The number of anilines is 1. The highest BCUT2D eigenvalue weighted by molar-refractivity contribution is 7.90. The number of ether oxygens (including phenoxy) is 1. The summed E-state index contributed by atoms with van der Waals surface area (Å²) < 4.78 is 31.2. The Bertz CT molecular complexity index is 1080. The summed E-state index contributed by atoms with van der Waals surface area (Å²) in [6.45, 7) is 2.68. The zero-order valence-corrected chi connectivity index (χ0v) is 18.2. The average Bonchev–Trinajstić information content (AvgIpc) is 3.00. The molecular weight excluding hydrogens is 418 g/mol. The molecule has 31 heavy (non-hydrogen) atoms. The number of carbonyl (C=O) groups excluding carboxylic acids is 2. The highest BCUT2D eigenvalue weighted by Crippen LogP contribution is 2.30. The quantitative estimate of drug-likeness (QED) is 0.679. The molecule has 0 bridgehead atoms. The number of hydrogen-bond acceptors (Lipinski definition) is 6. The third-order valence-corrected chi connectivity index (χ3v) is 7.57. The maximum absolute atomic E-state index is 12.6. The molecule has 4 rings (SSSR count). The molecule has 2 amide bonds. The van der Waals surface area contributed by atoms with Crippen molar-refractivity contribution in [3.8, 4) is 5.75 Å². The van der Waals surface area contributed by atoms with Gasteiger partial charge in [0.05, 0.1) is 12.7 Å². The molecule has 9 heteroatoms. The van der Waals surface area contributed by atoms with Crippen molar-refractivity contribution >= 4 is 27.5 Å². The smallest absolute Gasteiger partial charge is 0.269 e. The van der Waals surface area contributed by atoms with Gasteiger partial charge in [0.25, 0.3) is 15.9 Å². The Labute approximate surface area is 182 Å². The summed E-state index contributed by atoms with van der Waals surface area (Å²) in [5.74, 6) is 0.270. The van der Waals surface area contributed by atoms with E-state index < -0.39 is 15.9 Å². The van der Waals surface area contributed by atoms with E-state index in [9.17, 15) is 18.0 Å². The van der Waals surface area contributed by atoms with E-state index in [1.165, 1.54) is 12.1 Å². The van der Waals surface area contributed by atoms with Crippen molar-refractivity contribution in [3.05, 3.63) is 54.1 Å². The Balaban J connectivity index is 1.27. The van der Waals surface area contributed by atoms with Crippen LogP contribution in [-0.2, 0) is 14.8 Å². The molecule has 164 valence electrons. The predicted octanol–water partition coefficient (Wildman–Crippen LogP) is 1.97. The number of nitrogens with zero attached hydrogens (tertiary/aromatic N) is 3. The summed E-state index contributed by atoms with van der Waals surface area (Å²) >= 11 is 0. The van der Waals surface area contributed by atoms with Crippen LogP contribution >= 0.6 is 0 Å². The molecule has 0 saturated carbocycles. The zero-order chi connectivity index (χ0) is 22.0. The fourth-order valence-corrected chi connectivity index (χ4v) is 5.60. The molecule has 1 saturated heterocycles. The summed E-state index contributed by atoms with van der Waals surface area (Å²) in [6.07, 6.45) is 0.509. The first kappa shape index (κ1) is 21.2. The van der Waals surface area contributed by atoms with Crippen LogP contribution in [0.1, 0.15) is 23.2 Å². The fraction of sp³-hybridized carbons (Fsp3) is 0.364. The topological polar surface area (TPSA) is 87.2 Å². The lowest BCUT2D eigenvalue weighted by Crippen LogP contribution is -2.48. The first-order valence-electron chi connectivity index (χ1n) is 10.2. The van der Waals surface area contributed by atoms with Gasteiger partial charge in [-0.3, -0.25) is 9.59 Å². The molecule has 1 fully saturated rings. The first-order chi connectivity index (χ1) is 14.9. The molecule has 0 aliphatic carbocycles. The van der Waals surface area contributed by atoms with Crippen molar-refractivity contribution in [1.82, 2.24) is 9.21 Å². The summed E-state index contributed by atoms with van der Waals surface area (Å²) in [7, 11) is -2.19. The van der Waals surface area contributed by atoms with Crippen LogP contribution in [0.4, 0.5) is 5.69 Å². The first-order valence-corrected chi connectivity index (χ1v) is 11.7. The minimum atomic E-state index is -3.82. The van der Waals surface area contributed by atoms with Gasteiger partial charge in [0.15, 0.2) is 0 Å². The zero-order valence-electron chi connectivity index (χ0n) is 17.4. The average molecular weight is 444 g/mol. The van der Waals surface area contributed by atoms with Crippen molar-refractivity contribution in [2.75, 3.05) is 44.7 Å². The number of carbonyl (C=O) groups is 2. The molecular formula is C22H25N3O5S. The Morgan fingerprint density at radius 3 is 2.32 bits per heavy atom. The van der Waals surface area contributed by atoms with Crippen LogP contribution in [0.15, 0.2) is 53.4 Å². The number of rotatable bonds is 6. The number of benzene rings is 2. The number of hydrogen-bond donors (Lipinski definition) is 0. The Morgan fingerprint density at radius 1 is 1.00 bits per heavy atom. The van der Waals surface area contributed by atoms with E-state index in [1.54, 1.807) is 24.1 Å². The van der Waals surface area contributed by atoms with Gasteiger partial charge in [-0.1, -0.05) is 12.1 Å². The second-order valence-electron chi connectivity index (χ2n) is 7.55. The highest BCUT2D eigenvalue weighted by Gasteiger charge is 2.40. The van der Waals surface area contributed by atoms with Gasteiger partial charge in [0.2, 0.25) is 5.91 Å².